The predicted molar refractivity (Wildman–Crippen MR) is 79.0 cm³/mol. The molecule has 1 aromatic carbocycles. The number of hydrogen-bond donors (Lipinski definition) is 1. The van der Waals surface area contributed by atoms with Crippen LogP contribution in [-0.2, 0) is 13.2 Å². The van der Waals surface area contributed by atoms with Crippen molar-refractivity contribution in [3.8, 4) is 17.6 Å². The van der Waals surface area contributed by atoms with E-state index in [1.54, 1.807) is 19.4 Å². The van der Waals surface area contributed by atoms with E-state index in [-0.39, 0.29) is 6.61 Å². The molecule has 0 saturated heterocycles. The van der Waals surface area contributed by atoms with Crippen LogP contribution in [0.5, 0.6) is 11.5 Å². The Hall–Kier alpha value is -2.58. The molecule has 0 bridgehead atoms. The largest absolute Gasteiger partial charge is 0.493 e. The molecule has 0 aliphatic rings. The van der Waals surface area contributed by atoms with E-state index in [0.717, 1.165) is 17.7 Å². The number of hydrogen-bond acceptors (Lipinski definition) is 5. The van der Waals surface area contributed by atoms with Crippen molar-refractivity contribution in [1.82, 2.24) is 10.3 Å². The lowest BCUT2D eigenvalue weighted by atomic mass is 10.2. The number of nitrogens with one attached hydrogen (secondary N) is 1. The topological polar surface area (TPSA) is 67.2 Å². The van der Waals surface area contributed by atoms with Crippen LogP contribution in [0.2, 0.25) is 0 Å². The zero-order valence-corrected chi connectivity index (χ0v) is 12.1. The lowest BCUT2D eigenvalue weighted by Crippen LogP contribution is -2.06. The van der Waals surface area contributed by atoms with E-state index >= 15 is 0 Å². The standard InChI is InChI=1S/C16H17N3O2/c1-18-10-12-5-6-15(16(8-12)20-2)21-11-13-4-3-7-19-14(13)9-17/h3-8,18H,10-11H2,1-2H3. The monoisotopic (exact) mass is 283 g/mol. The Morgan fingerprint density at radius 3 is 2.86 bits per heavy atom. The van der Waals surface area contributed by atoms with Crippen molar-refractivity contribution in [2.24, 2.45) is 0 Å². The first-order chi connectivity index (χ1) is 10.3. The Bertz CT molecular complexity index is 650. The number of rotatable bonds is 6. The molecule has 0 fully saturated rings. The Morgan fingerprint density at radius 1 is 1.29 bits per heavy atom. The third kappa shape index (κ3) is 3.71. The molecule has 5 heteroatoms. The molecule has 0 aliphatic carbocycles. The molecule has 108 valence electrons. The summed E-state index contributed by atoms with van der Waals surface area (Å²) in [6.45, 7) is 1.04. The first-order valence-electron chi connectivity index (χ1n) is 6.56. The van der Waals surface area contributed by atoms with Crippen molar-refractivity contribution in [2.75, 3.05) is 14.2 Å². The molecule has 2 aromatic rings. The highest BCUT2D eigenvalue weighted by Gasteiger charge is 2.08. The highest BCUT2D eigenvalue weighted by molar-refractivity contribution is 5.43. The molecule has 1 N–H and O–H groups in total. The SMILES string of the molecule is CNCc1ccc(OCc2cccnc2C#N)c(OC)c1. The van der Waals surface area contributed by atoms with Crippen molar-refractivity contribution in [2.45, 2.75) is 13.2 Å². The molecule has 1 heterocycles. The number of methoxy groups -OCH3 is 1. The van der Waals surface area contributed by atoms with E-state index < -0.39 is 0 Å². The minimum atomic E-state index is 0.276. The highest BCUT2D eigenvalue weighted by Crippen LogP contribution is 2.29. The van der Waals surface area contributed by atoms with Gasteiger partial charge in [-0.25, -0.2) is 4.98 Å². The van der Waals surface area contributed by atoms with Crippen LogP contribution in [0.1, 0.15) is 16.8 Å². The van der Waals surface area contributed by atoms with Gasteiger partial charge in [0.25, 0.3) is 0 Å². The van der Waals surface area contributed by atoms with Gasteiger partial charge in [0, 0.05) is 18.3 Å². The molecule has 0 amide bonds. The molecule has 0 atom stereocenters. The lowest BCUT2D eigenvalue weighted by molar-refractivity contribution is 0.283. The van der Waals surface area contributed by atoms with E-state index in [1.165, 1.54) is 0 Å². The smallest absolute Gasteiger partial charge is 0.161 e. The van der Waals surface area contributed by atoms with Gasteiger partial charge >= 0.3 is 0 Å². The summed E-state index contributed by atoms with van der Waals surface area (Å²) >= 11 is 0. The molecule has 0 spiro atoms. The molecule has 0 unspecified atom stereocenters. The van der Waals surface area contributed by atoms with E-state index in [9.17, 15) is 0 Å². The van der Waals surface area contributed by atoms with Crippen LogP contribution in [-0.4, -0.2) is 19.1 Å². The maximum atomic E-state index is 9.01. The van der Waals surface area contributed by atoms with Gasteiger partial charge in [-0.05, 0) is 30.8 Å². The zero-order chi connectivity index (χ0) is 15.1. The molecule has 0 saturated carbocycles. The van der Waals surface area contributed by atoms with E-state index in [4.69, 9.17) is 14.7 Å². The third-order valence-corrected chi connectivity index (χ3v) is 2.99. The third-order valence-electron chi connectivity index (χ3n) is 2.99. The van der Waals surface area contributed by atoms with E-state index in [1.807, 2.05) is 31.3 Å². The average Bonchev–Trinajstić information content (AvgIpc) is 2.54. The summed E-state index contributed by atoms with van der Waals surface area (Å²) in [5.41, 5.74) is 2.24. The van der Waals surface area contributed by atoms with Gasteiger partial charge in [-0.15, -0.1) is 0 Å². The van der Waals surface area contributed by atoms with E-state index in [0.29, 0.717) is 17.2 Å². The van der Waals surface area contributed by atoms with Crippen LogP contribution in [0.25, 0.3) is 0 Å². The number of nitriles is 1. The second-order valence-corrected chi connectivity index (χ2v) is 4.43. The maximum absolute atomic E-state index is 9.01. The Balaban J connectivity index is 2.14. The molecule has 5 nitrogen and oxygen atoms in total. The van der Waals surface area contributed by atoms with Crippen LogP contribution in [0.4, 0.5) is 0 Å². The first kappa shape index (κ1) is 14.8. The second-order valence-electron chi connectivity index (χ2n) is 4.43. The van der Waals surface area contributed by atoms with Crippen molar-refractivity contribution in [1.29, 1.82) is 5.26 Å². The van der Waals surface area contributed by atoms with Crippen LogP contribution in [0, 0.1) is 11.3 Å². The first-order valence-corrected chi connectivity index (χ1v) is 6.56. The van der Waals surface area contributed by atoms with Gasteiger partial charge in [-0.2, -0.15) is 5.26 Å². The van der Waals surface area contributed by atoms with Crippen molar-refractivity contribution < 1.29 is 9.47 Å². The number of ether oxygens (including phenoxy) is 2. The molecule has 2 rings (SSSR count). The summed E-state index contributed by atoms with van der Waals surface area (Å²) in [5, 5.41) is 12.1. The normalized spacial score (nSPS) is 9.95. The van der Waals surface area contributed by atoms with Gasteiger partial charge in [0.05, 0.1) is 7.11 Å². The van der Waals surface area contributed by atoms with Crippen molar-refractivity contribution in [3.05, 3.63) is 53.3 Å². The minimum Gasteiger partial charge on any atom is -0.493 e. The minimum absolute atomic E-state index is 0.276. The van der Waals surface area contributed by atoms with E-state index in [2.05, 4.69) is 16.4 Å². The van der Waals surface area contributed by atoms with Gasteiger partial charge in [0.1, 0.15) is 18.4 Å². The molecule has 0 radical (unpaired) electrons. The fraction of sp³-hybridized carbons (Fsp3) is 0.250. The predicted octanol–water partition coefficient (Wildman–Crippen LogP) is 2.26. The van der Waals surface area contributed by atoms with Gasteiger partial charge in [-0.1, -0.05) is 12.1 Å². The van der Waals surface area contributed by atoms with Crippen LogP contribution < -0.4 is 14.8 Å². The molecular weight excluding hydrogens is 266 g/mol. The fourth-order valence-corrected chi connectivity index (χ4v) is 1.96. The highest BCUT2D eigenvalue weighted by atomic mass is 16.5. The van der Waals surface area contributed by atoms with Crippen LogP contribution in [0.15, 0.2) is 36.5 Å². The second kappa shape index (κ2) is 7.27. The fourth-order valence-electron chi connectivity index (χ4n) is 1.96. The number of benzene rings is 1. The lowest BCUT2D eigenvalue weighted by Gasteiger charge is -2.12. The summed E-state index contributed by atoms with van der Waals surface area (Å²) < 4.78 is 11.1. The van der Waals surface area contributed by atoms with Crippen LogP contribution >= 0.6 is 0 Å². The number of nitrogens with zero attached hydrogens (tertiary/aromatic N) is 2. The summed E-state index contributed by atoms with van der Waals surface area (Å²) in [5.74, 6) is 1.32. The number of pyridine rings is 1. The summed E-state index contributed by atoms with van der Waals surface area (Å²) in [7, 11) is 3.50. The van der Waals surface area contributed by atoms with Gasteiger partial charge in [0.2, 0.25) is 0 Å². The molecule has 1 aromatic heterocycles. The zero-order valence-electron chi connectivity index (χ0n) is 12.1. The van der Waals surface area contributed by atoms with Gasteiger partial charge in [-0.3, -0.25) is 0 Å². The van der Waals surface area contributed by atoms with Gasteiger partial charge in [0.15, 0.2) is 11.5 Å². The van der Waals surface area contributed by atoms with Gasteiger partial charge < -0.3 is 14.8 Å². The van der Waals surface area contributed by atoms with Crippen molar-refractivity contribution in [3.63, 3.8) is 0 Å². The molecule has 0 aliphatic heterocycles. The molecule has 21 heavy (non-hydrogen) atoms. The average molecular weight is 283 g/mol. The summed E-state index contributed by atoms with van der Waals surface area (Å²) in [4.78, 5) is 4.01. The Morgan fingerprint density at radius 2 is 2.14 bits per heavy atom. The molecular formula is C16H17N3O2. The summed E-state index contributed by atoms with van der Waals surface area (Å²) in [6.07, 6.45) is 1.59. The maximum Gasteiger partial charge on any atom is 0.161 e. The van der Waals surface area contributed by atoms with Crippen molar-refractivity contribution >= 4 is 0 Å². The summed E-state index contributed by atoms with van der Waals surface area (Å²) in [6, 6.07) is 11.4. The Kier molecular flexibility index (Phi) is 5.13. The van der Waals surface area contributed by atoms with Crippen LogP contribution in [0.3, 0.4) is 0 Å². The quantitative estimate of drug-likeness (QED) is 0.880. The Labute approximate surface area is 124 Å². The number of aromatic nitrogens is 1.